The zero-order valence-electron chi connectivity index (χ0n) is 11.8. The van der Waals surface area contributed by atoms with Crippen LogP contribution < -0.4 is 14.8 Å². The standard InChI is InChI=1S/C13H22N4O2/c1-4-8-14-11-15-12(18-9(2)3)17-13(16-11)19-10-6-5-7-10/h9-10H,4-8H2,1-3H3,(H,14,15,16,17). The molecule has 0 spiro atoms. The van der Waals surface area contributed by atoms with Gasteiger partial charge >= 0.3 is 12.0 Å². The number of anilines is 1. The fourth-order valence-electron chi connectivity index (χ4n) is 1.61. The topological polar surface area (TPSA) is 69.2 Å². The zero-order valence-corrected chi connectivity index (χ0v) is 11.8. The van der Waals surface area contributed by atoms with Gasteiger partial charge in [0.25, 0.3) is 0 Å². The molecule has 1 fully saturated rings. The molecule has 1 saturated carbocycles. The molecular weight excluding hydrogens is 244 g/mol. The maximum absolute atomic E-state index is 5.71. The van der Waals surface area contributed by atoms with Gasteiger partial charge in [0.2, 0.25) is 5.95 Å². The van der Waals surface area contributed by atoms with E-state index in [0.717, 1.165) is 25.8 Å². The van der Waals surface area contributed by atoms with Gasteiger partial charge < -0.3 is 14.8 Å². The van der Waals surface area contributed by atoms with Crippen LogP contribution in [0.3, 0.4) is 0 Å². The van der Waals surface area contributed by atoms with E-state index in [2.05, 4.69) is 27.2 Å². The van der Waals surface area contributed by atoms with Crippen LogP contribution in [0.15, 0.2) is 0 Å². The molecule has 0 amide bonds. The quantitative estimate of drug-likeness (QED) is 0.817. The molecule has 0 bridgehead atoms. The van der Waals surface area contributed by atoms with E-state index in [-0.39, 0.29) is 12.2 Å². The van der Waals surface area contributed by atoms with Gasteiger partial charge in [0.1, 0.15) is 6.10 Å². The lowest BCUT2D eigenvalue weighted by molar-refractivity contribution is 0.105. The van der Waals surface area contributed by atoms with Crippen LogP contribution in [0.2, 0.25) is 0 Å². The van der Waals surface area contributed by atoms with Crippen molar-refractivity contribution in [3.8, 4) is 12.0 Å². The highest BCUT2D eigenvalue weighted by atomic mass is 16.5. The van der Waals surface area contributed by atoms with Crippen molar-refractivity contribution < 1.29 is 9.47 Å². The first-order valence-electron chi connectivity index (χ1n) is 7.00. The maximum atomic E-state index is 5.71. The summed E-state index contributed by atoms with van der Waals surface area (Å²) in [5.41, 5.74) is 0. The number of ether oxygens (including phenoxy) is 2. The molecule has 19 heavy (non-hydrogen) atoms. The summed E-state index contributed by atoms with van der Waals surface area (Å²) < 4.78 is 11.2. The van der Waals surface area contributed by atoms with Crippen LogP contribution in [-0.4, -0.2) is 33.7 Å². The average Bonchev–Trinajstić information content (AvgIpc) is 2.30. The third-order valence-electron chi connectivity index (χ3n) is 2.79. The molecule has 1 heterocycles. The third kappa shape index (κ3) is 4.22. The molecule has 106 valence electrons. The molecule has 0 aromatic carbocycles. The first-order chi connectivity index (χ1) is 9.17. The van der Waals surface area contributed by atoms with Gasteiger partial charge in [-0.25, -0.2) is 0 Å². The molecule has 1 N–H and O–H groups in total. The average molecular weight is 266 g/mol. The largest absolute Gasteiger partial charge is 0.461 e. The van der Waals surface area contributed by atoms with Crippen LogP contribution in [0.4, 0.5) is 5.95 Å². The minimum absolute atomic E-state index is 0.0259. The molecule has 1 aliphatic rings. The Morgan fingerprint density at radius 2 is 1.95 bits per heavy atom. The number of nitrogens with one attached hydrogen (secondary N) is 1. The highest BCUT2D eigenvalue weighted by molar-refractivity contribution is 5.27. The second-order valence-corrected chi connectivity index (χ2v) is 4.99. The highest BCUT2D eigenvalue weighted by Crippen LogP contribution is 2.24. The van der Waals surface area contributed by atoms with Gasteiger partial charge in [-0.2, -0.15) is 9.97 Å². The minimum atomic E-state index is 0.0259. The predicted molar refractivity (Wildman–Crippen MR) is 72.6 cm³/mol. The Balaban J connectivity index is 2.09. The fraction of sp³-hybridized carbons (Fsp3) is 0.769. The first-order valence-corrected chi connectivity index (χ1v) is 7.00. The van der Waals surface area contributed by atoms with Gasteiger partial charge in [0, 0.05) is 6.54 Å². The molecule has 1 aliphatic carbocycles. The van der Waals surface area contributed by atoms with Crippen molar-refractivity contribution in [1.82, 2.24) is 15.0 Å². The Kier molecular flexibility index (Phi) is 4.76. The predicted octanol–water partition coefficient (Wildman–Crippen LogP) is 2.41. The molecule has 1 aromatic heterocycles. The Labute approximate surface area is 114 Å². The molecule has 0 aliphatic heterocycles. The Bertz CT molecular complexity index is 408. The Morgan fingerprint density at radius 3 is 2.53 bits per heavy atom. The summed E-state index contributed by atoms with van der Waals surface area (Å²) >= 11 is 0. The summed E-state index contributed by atoms with van der Waals surface area (Å²) in [6, 6.07) is 0.673. The van der Waals surface area contributed by atoms with E-state index in [9.17, 15) is 0 Å². The number of hydrogen-bond donors (Lipinski definition) is 1. The zero-order chi connectivity index (χ0) is 13.7. The van der Waals surface area contributed by atoms with E-state index < -0.39 is 0 Å². The lowest BCUT2D eigenvalue weighted by Gasteiger charge is -2.25. The van der Waals surface area contributed by atoms with Crippen molar-refractivity contribution in [2.45, 2.75) is 58.7 Å². The summed E-state index contributed by atoms with van der Waals surface area (Å²) in [6.07, 6.45) is 4.64. The Hall–Kier alpha value is -1.59. The molecule has 0 atom stereocenters. The van der Waals surface area contributed by atoms with Gasteiger partial charge in [-0.05, 0) is 39.5 Å². The van der Waals surface area contributed by atoms with Crippen molar-refractivity contribution in [3.05, 3.63) is 0 Å². The summed E-state index contributed by atoms with van der Waals surface area (Å²) in [6.45, 7) is 6.78. The van der Waals surface area contributed by atoms with E-state index in [4.69, 9.17) is 9.47 Å². The van der Waals surface area contributed by atoms with Crippen LogP contribution in [0, 0.1) is 0 Å². The first kappa shape index (κ1) is 13.8. The summed E-state index contributed by atoms with van der Waals surface area (Å²) in [7, 11) is 0. The van der Waals surface area contributed by atoms with E-state index in [1.165, 1.54) is 6.42 Å². The smallest absolute Gasteiger partial charge is 0.324 e. The number of nitrogens with zero attached hydrogens (tertiary/aromatic N) is 3. The van der Waals surface area contributed by atoms with E-state index in [1.54, 1.807) is 0 Å². The number of aromatic nitrogens is 3. The van der Waals surface area contributed by atoms with Crippen LogP contribution in [-0.2, 0) is 0 Å². The second kappa shape index (κ2) is 6.54. The third-order valence-corrected chi connectivity index (χ3v) is 2.79. The van der Waals surface area contributed by atoms with Crippen LogP contribution in [0.5, 0.6) is 12.0 Å². The Morgan fingerprint density at radius 1 is 1.21 bits per heavy atom. The number of rotatable bonds is 7. The molecule has 0 saturated heterocycles. The minimum Gasteiger partial charge on any atom is -0.461 e. The summed E-state index contributed by atoms with van der Waals surface area (Å²) in [5, 5.41) is 3.14. The van der Waals surface area contributed by atoms with Crippen molar-refractivity contribution >= 4 is 5.95 Å². The van der Waals surface area contributed by atoms with Crippen LogP contribution in [0.25, 0.3) is 0 Å². The lowest BCUT2D eigenvalue weighted by atomic mass is 9.96. The fourth-order valence-corrected chi connectivity index (χ4v) is 1.61. The molecule has 6 heteroatoms. The van der Waals surface area contributed by atoms with E-state index in [0.29, 0.717) is 18.0 Å². The monoisotopic (exact) mass is 266 g/mol. The van der Waals surface area contributed by atoms with E-state index >= 15 is 0 Å². The number of hydrogen-bond acceptors (Lipinski definition) is 6. The molecular formula is C13H22N4O2. The van der Waals surface area contributed by atoms with Crippen LogP contribution >= 0.6 is 0 Å². The molecule has 2 rings (SSSR count). The van der Waals surface area contributed by atoms with Crippen LogP contribution in [0.1, 0.15) is 46.5 Å². The van der Waals surface area contributed by atoms with Crippen molar-refractivity contribution in [3.63, 3.8) is 0 Å². The summed E-state index contributed by atoms with van der Waals surface area (Å²) in [5.74, 6) is 0.516. The van der Waals surface area contributed by atoms with Gasteiger partial charge in [-0.3, -0.25) is 0 Å². The van der Waals surface area contributed by atoms with Crippen molar-refractivity contribution in [2.24, 2.45) is 0 Å². The molecule has 0 unspecified atom stereocenters. The molecule has 6 nitrogen and oxygen atoms in total. The lowest BCUT2D eigenvalue weighted by Crippen LogP contribution is -2.26. The SMILES string of the molecule is CCCNc1nc(OC(C)C)nc(OC2CCC2)n1. The van der Waals surface area contributed by atoms with Gasteiger partial charge in [-0.15, -0.1) is 4.98 Å². The molecule has 0 radical (unpaired) electrons. The highest BCUT2D eigenvalue weighted by Gasteiger charge is 2.21. The molecule has 1 aromatic rings. The normalized spacial score (nSPS) is 15.2. The van der Waals surface area contributed by atoms with E-state index in [1.807, 2.05) is 13.8 Å². The van der Waals surface area contributed by atoms with Gasteiger partial charge in [-0.1, -0.05) is 6.92 Å². The summed E-state index contributed by atoms with van der Waals surface area (Å²) in [4.78, 5) is 12.7. The van der Waals surface area contributed by atoms with Crippen molar-refractivity contribution in [1.29, 1.82) is 0 Å². The van der Waals surface area contributed by atoms with Gasteiger partial charge in [0.05, 0.1) is 6.10 Å². The maximum Gasteiger partial charge on any atom is 0.324 e. The second-order valence-electron chi connectivity index (χ2n) is 4.99. The van der Waals surface area contributed by atoms with Crippen molar-refractivity contribution in [2.75, 3.05) is 11.9 Å². The van der Waals surface area contributed by atoms with Gasteiger partial charge in [0.15, 0.2) is 0 Å².